The van der Waals surface area contributed by atoms with Crippen molar-refractivity contribution in [2.75, 3.05) is 0 Å². The lowest BCUT2D eigenvalue weighted by atomic mass is 9.99. The van der Waals surface area contributed by atoms with Gasteiger partial charge in [-0.2, -0.15) is 0 Å². The van der Waals surface area contributed by atoms with Gasteiger partial charge in [0.05, 0.1) is 5.92 Å². The first-order valence-electron chi connectivity index (χ1n) is 7.24. The molecule has 2 rings (SSSR count). The molecule has 2 N–H and O–H groups in total. The van der Waals surface area contributed by atoms with E-state index in [1.807, 2.05) is 0 Å². The molecule has 1 aromatic carbocycles. The lowest BCUT2D eigenvalue weighted by molar-refractivity contribution is -0.141. The van der Waals surface area contributed by atoms with Gasteiger partial charge < -0.3 is 10.4 Å². The van der Waals surface area contributed by atoms with Gasteiger partial charge in [0.15, 0.2) is 0 Å². The standard InChI is InChI=1S/C16H20FNO3/c1-10(8-11-4-2-3-5-14(11)17)15(19)18-13-7-6-12(9-13)16(20)21/h2-5,10,12-13H,6-9H2,1H3,(H,18,19)(H,20,21)/t10?,12-,13+/m1/s1. The lowest BCUT2D eigenvalue weighted by Gasteiger charge is -2.17. The van der Waals surface area contributed by atoms with Crippen molar-refractivity contribution in [3.8, 4) is 0 Å². The zero-order valence-electron chi connectivity index (χ0n) is 12.0. The molecule has 0 spiro atoms. The number of benzene rings is 1. The highest BCUT2D eigenvalue weighted by atomic mass is 19.1. The van der Waals surface area contributed by atoms with Crippen molar-refractivity contribution in [3.63, 3.8) is 0 Å². The van der Waals surface area contributed by atoms with Crippen LogP contribution in [0.3, 0.4) is 0 Å². The number of carboxylic acid groups (broad SMARTS) is 1. The summed E-state index contributed by atoms with van der Waals surface area (Å²) >= 11 is 0. The van der Waals surface area contributed by atoms with E-state index in [2.05, 4.69) is 5.32 Å². The fourth-order valence-corrected chi connectivity index (χ4v) is 2.77. The molecule has 1 fully saturated rings. The van der Waals surface area contributed by atoms with Crippen LogP contribution in [0.15, 0.2) is 24.3 Å². The molecule has 1 aliphatic rings. The third-order valence-electron chi connectivity index (χ3n) is 4.06. The number of rotatable bonds is 5. The van der Waals surface area contributed by atoms with Crippen LogP contribution in [0.1, 0.15) is 31.7 Å². The second-order valence-electron chi connectivity index (χ2n) is 5.75. The first kappa shape index (κ1) is 15.5. The van der Waals surface area contributed by atoms with Crippen LogP contribution < -0.4 is 5.32 Å². The number of aliphatic carboxylic acids is 1. The zero-order chi connectivity index (χ0) is 15.4. The Morgan fingerprint density at radius 1 is 1.38 bits per heavy atom. The summed E-state index contributed by atoms with van der Waals surface area (Å²) in [6.45, 7) is 1.76. The maximum atomic E-state index is 13.6. The van der Waals surface area contributed by atoms with Crippen molar-refractivity contribution < 1.29 is 19.1 Å². The van der Waals surface area contributed by atoms with Gasteiger partial charge in [0.25, 0.3) is 0 Å². The second kappa shape index (κ2) is 6.70. The van der Waals surface area contributed by atoms with Gasteiger partial charge in [-0.05, 0) is 37.3 Å². The van der Waals surface area contributed by atoms with Crippen LogP contribution in [-0.2, 0) is 16.0 Å². The molecule has 114 valence electrons. The predicted molar refractivity (Wildman–Crippen MR) is 76.2 cm³/mol. The van der Waals surface area contributed by atoms with Crippen LogP contribution in [0, 0.1) is 17.7 Å². The Hall–Kier alpha value is -1.91. The van der Waals surface area contributed by atoms with Crippen molar-refractivity contribution in [3.05, 3.63) is 35.6 Å². The van der Waals surface area contributed by atoms with E-state index in [-0.39, 0.29) is 29.6 Å². The Morgan fingerprint density at radius 2 is 2.10 bits per heavy atom. The van der Waals surface area contributed by atoms with E-state index >= 15 is 0 Å². The molecule has 0 aromatic heterocycles. The van der Waals surface area contributed by atoms with Gasteiger partial charge in [0.1, 0.15) is 5.82 Å². The third kappa shape index (κ3) is 4.03. The van der Waals surface area contributed by atoms with Crippen LogP contribution in [0.25, 0.3) is 0 Å². The number of hydrogen-bond acceptors (Lipinski definition) is 2. The molecule has 5 heteroatoms. The molecule has 0 radical (unpaired) electrons. The Kier molecular flexibility index (Phi) is 4.94. The van der Waals surface area contributed by atoms with E-state index in [0.29, 0.717) is 31.2 Å². The maximum absolute atomic E-state index is 13.6. The summed E-state index contributed by atoms with van der Waals surface area (Å²) in [7, 11) is 0. The van der Waals surface area contributed by atoms with Crippen molar-refractivity contribution >= 4 is 11.9 Å². The van der Waals surface area contributed by atoms with E-state index in [1.165, 1.54) is 6.07 Å². The zero-order valence-corrected chi connectivity index (χ0v) is 12.0. The normalized spacial score (nSPS) is 22.8. The third-order valence-corrected chi connectivity index (χ3v) is 4.06. The lowest BCUT2D eigenvalue weighted by Crippen LogP contribution is -2.37. The number of nitrogens with one attached hydrogen (secondary N) is 1. The molecular formula is C16H20FNO3. The van der Waals surface area contributed by atoms with Gasteiger partial charge in [-0.15, -0.1) is 0 Å². The van der Waals surface area contributed by atoms with E-state index < -0.39 is 5.97 Å². The molecule has 0 aliphatic heterocycles. The average Bonchev–Trinajstić information content (AvgIpc) is 2.90. The molecule has 4 nitrogen and oxygen atoms in total. The summed E-state index contributed by atoms with van der Waals surface area (Å²) in [6, 6.07) is 6.34. The molecule has 1 saturated carbocycles. The largest absolute Gasteiger partial charge is 0.481 e. The Morgan fingerprint density at radius 3 is 2.71 bits per heavy atom. The highest BCUT2D eigenvalue weighted by Gasteiger charge is 2.31. The Bertz CT molecular complexity index is 532. The molecule has 3 atom stereocenters. The van der Waals surface area contributed by atoms with Crippen molar-refractivity contribution in [1.29, 1.82) is 0 Å². The molecule has 21 heavy (non-hydrogen) atoms. The molecule has 0 bridgehead atoms. The minimum absolute atomic E-state index is 0.0818. The van der Waals surface area contributed by atoms with E-state index in [4.69, 9.17) is 5.11 Å². The molecule has 0 heterocycles. The van der Waals surface area contributed by atoms with Crippen LogP contribution in [0.5, 0.6) is 0 Å². The van der Waals surface area contributed by atoms with Crippen LogP contribution >= 0.6 is 0 Å². The van der Waals surface area contributed by atoms with Crippen molar-refractivity contribution in [2.45, 2.75) is 38.6 Å². The van der Waals surface area contributed by atoms with Gasteiger partial charge in [0.2, 0.25) is 5.91 Å². The van der Waals surface area contributed by atoms with E-state index in [9.17, 15) is 14.0 Å². The molecule has 1 amide bonds. The number of carboxylic acids is 1. The van der Waals surface area contributed by atoms with Crippen molar-refractivity contribution in [1.82, 2.24) is 5.32 Å². The van der Waals surface area contributed by atoms with Gasteiger partial charge in [0, 0.05) is 12.0 Å². The van der Waals surface area contributed by atoms with E-state index in [1.54, 1.807) is 25.1 Å². The number of carbonyl (C=O) groups is 2. The maximum Gasteiger partial charge on any atom is 0.306 e. The summed E-state index contributed by atoms with van der Waals surface area (Å²) in [5, 5.41) is 11.8. The number of halogens is 1. The van der Waals surface area contributed by atoms with E-state index in [0.717, 1.165) is 0 Å². The molecular weight excluding hydrogens is 273 g/mol. The summed E-state index contributed by atoms with van der Waals surface area (Å²) in [5.41, 5.74) is 0.523. The van der Waals surface area contributed by atoms with Gasteiger partial charge in [-0.1, -0.05) is 25.1 Å². The quantitative estimate of drug-likeness (QED) is 0.876. The van der Waals surface area contributed by atoms with Gasteiger partial charge in [-0.25, -0.2) is 4.39 Å². The summed E-state index contributed by atoms with van der Waals surface area (Å²) in [4.78, 5) is 23.0. The topological polar surface area (TPSA) is 66.4 Å². The molecule has 1 aromatic rings. The van der Waals surface area contributed by atoms with Crippen LogP contribution in [0.2, 0.25) is 0 Å². The molecule has 1 unspecified atom stereocenters. The number of hydrogen-bond donors (Lipinski definition) is 2. The monoisotopic (exact) mass is 293 g/mol. The summed E-state index contributed by atoms with van der Waals surface area (Å²) in [6.07, 6.45) is 2.11. The van der Waals surface area contributed by atoms with Gasteiger partial charge in [-0.3, -0.25) is 9.59 Å². The minimum atomic E-state index is -0.800. The second-order valence-corrected chi connectivity index (χ2v) is 5.75. The van der Waals surface area contributed by atoms with Gasteiger partial charge >= 0.3 is 5.97 Å². The molecule has 0 saturated heterocycles. The first-order valence-corrected chi connectivity index (χ1v) is 7.24. The summed E-state index contributed by atoms with van der Waals surface area (Å²) < 4.78 is 13.6. The number of carbonyl (C=O) groups excluding carboxylic acids is 1. The summed E-state index contributed by atoms with van der Waals surface area (Å²) in [5.74, 6) is -1.95. The predicted octanol–water partition coefficient (Wildman–Crippen LogP) is 2.37. The fraction of sp³-hybridized carbons (Fsp3) is 0.500. The van der Waals surface area contributed by atoms with Crippen LogP contribution in [-0.4, -0.2) is 23.0 Å². The Labute approximate surface area is 123 Å². The first-order chi connectivity index (χ1) is 9.97. The highest BCUT2D eigenvalue weighted by Crippen LogP contribution is 2.26. The highest BCUT2D eigenvalue weighted by molar-refractivity contribution is 5.79. The molecule has 1 aliphatic carbocycles. The Balaban J connectivity index is 1.86. The average molecular weight is 293 g/mol. The number of amides is 1. The fourth-order valence-electron chi connectivity index (χ4n) is 2.77. The smallest absolute Gasteiger partial charge is 0.306 e. The van der Waals surface area contributed by atoms with Crippen molar-refractivity contribution in [2.24, 2.45) is 11.8 Å². The van der Waals surface area contributed by atoms with Crippen LogP contribution in [0.4, 0.5) is 4.39 Å². The SMILES string of the molecule is CC(Cc1ccccc1F)C(=O)N[C@H]1CC[C@@H](C(=O)O)C1. The minimum Gasteiger partial charge on any atom is -0.481 e.